The van der Waals surface area contributed by atoms with E-state index in [0.29, 0.717) is 47.7 Å². The summed E-state index contributed by atoms with van der Waals surface area (Å²) in [6.45, 7) is 0.780. The van der Waals surface area contributed by atoms with Gasteiger partial charge in [-0.2, -0.15) is 0 Å². The summed E-state index contributed by atoms with van der Waals surface area (Å²) < 4.78 is 34.2. The lowest BCUT2D eigenvalue weighted by Crippen LogP contribution is -2.13. The van der Waals surface area contributed by atoms with Gasteiger partial charge in [0.2, 0.25) is 0 Å². The quantitative estimate of drug-likeness (QED) is 0.243. The highest BCUT2D eigenvalue weighted by Gasteiger charge is 2.13. The van der Waals surface area contributed by atoms with Crippen LogP contribution in [0.15, 0.2) is 97.1 Å². The first-order valence-electron chi connectivity index (χ1n) is 11.1. The van der Waals surface area contributed by atoms with Gasteiger partial charge in [0.05, 0.1) is 14.2 Å². The van der Waals surface area contributed by atoms with E-state index < -0.39 is 0 Å². The molecule has 35 heavy (non-hydrogen) atoms. The van der Waals surface area contributed by atoms with E-state index in [9.17, 15) is 0 Å². The Labute approximate surface area is 206 Å². The number of hydrogen-bond acceptors (Lipinski definition) is 6. The minimum absolute atomic E-state index is 0.390. The Morgan fingerprint density at radius 2 is 0.943 bits per heavy atom. The number of ether oxygens (including phenoxy) is 4. The molecule has 0 spiro atoms. The summed E-state index contributed by atoms with van der Waals surface area (Å²) in [6.07, 6.45) is 0. The van der Waals surface area contributed by atoms with E-state index in [1.807, 2.05) is 60.7 Å². The van der Waals surface area contributed by atoms with Gasteiger partial charge < -0.3 is 28.3 Å². The molecule has 0 saturated carbocycles. The molecule has 0 fully saturated rings. The van der Waals surface area contributed by atoms with Gasteiger partial charge in [-0.15, -0.1) is 0 Å². The van der Waals surface area contributed by atoms with Crippen LogP contribution < -0.4 is 28.3 Å². The van der Waals surface area contributed by atoms with Crippen LogP contribution in [-0.2, 0) is 13.2 Å². The van der Waals surface area contributed by atoms with Crippen LogP contribution in [0.4, 0.5) is 0 Å². The summed E-state index contributed by atoms with van der Waals surface area (Å²) in [5.41, 5.74) is 2.08. The monoisotopic (exact) mass is 469 g/mol. The molecule has 4 rings (SSSR count). The molecule has 0 amide bonds. The average Bonchev–Trinajstić information content (AvgIpc) is 2.92. The van der Waals surface area contributed by atoms with Crippen LogP contribution in [0.1, 0.15) is 11.1 Å². The predicted molar refractivity (Wildman–Crippen MR) is 135 cm³/mol. The molecule has 1 radical (unpaired) electrons. The molecular weight excluding hydrogens is 443 g/mol. The van der Waals surface area contributed by atoms with Crippen molar-refractivity contribution in [3.05, 3.63) is 108 Å². The molecule has 0 unspecified atom stereocenters. The normalized spacial score (nSPS) is 10.2. The number of benzene rings is 4. The van der Waals surface area contributed by atoms with E-state index >= 15 is 0 Å². The maximum absolute atomic E-state index is 5.99. The van der Waals surface area contributed by atoms with Crippen LogP contribution in [0.3, 0.4) is 0 Å². The molecule has 0 aliphatic carbocycles. The SMILES string of the molecule is COc1ccc(O[B]Oc2ccc(OC)cc2OCc2ccccc2)c(OCc2ccccc2)c1. The van der Waals surface area contributed by atoms with Crippen molar-refractivity contribution in [2.75, 3.05) is 14.2 Å². The third-order valence-electron chi connectivity index (χ3n) is 5.13. The van der Waals surface area contributed by atoms with Crippen molar-refractivity contribution in [1.82, 2.24) is 0 Å². The second-order valence-electron chi connectivity index (χ2n) is 7.51. The second kappa shape index (κ2) is 12.3. The van der Waals surface area contributed by atoms with E-state index in [0.717, 1.165) is 11.1 Å². The highest BCUT2D eigenvalue weighted by molar-refractivity contribution is 6.21. The summed E-state index contributed by atoms with van der Waals surface area (Å²) >= 11 is 0. The fourth-order valence-corrected chi connectivity index (χ4v) is 3.25. The lowest BCUT2D eigenvalue weighted by atomic mass is 10.2. The van der Waals surface area contributed by atoms with Gasteiger partial charge in [-0.05, 0) is 35.4 Å². The molecule has 0 N–H and O–H groups in total. The molecule has 177 valence electrons. The second-order valence-corrected chi connectivity index (χ2v) is 7.51. The maximum Gasteiger partial charge on any atom is 0.658 e. The molecule has 0 atom stereocenters. The third-order valence-corrected chi connectivity index (χ3v) is 5.13. The Bertz CT molecular complexity index is 1110. The zero-order valence-electron chi connectivity index (χ0n) is 19.7. The van der Waals surface area contributed by atoms with Crippen LogP contribution in [0.25, 0.3) is 0 Å². The lowest BCUT2D eigenvalue weighted by Gasteiger charge is -2.16. The maximum atomic E-state index is 5.99. The molecule has 6 nitrogen and oxygen atoms in total. The predicted octanol–water partition coefficient (Wildman–Crippen LogP) is 5.85. The van der Waals surface area contributed by atoms with Gasteiger partial charge in [-0.1, -0.05) is 60.7 Å². The first-order chi connectivity index (χ1) is 17.2. The Hall–Kier alpha value is -4.26. The highest BCUT2D eigenvalue weighted by Crippen LogP contribution is 2.34. The topological polar surface area (TPSA) is 55.4 Å². The van der Waals surface area contributed by atoms with Gasteiger partial charge in [-0.25, -0.2) is 0 Å². The number of hydrogen-bond donors (Lipinski definition) is 0. The van der Waals surface area contributed by atoms with Gasteiger partial charge in [0.15, 0.2) is 11.5 Å². The largest absolute Gasteiger partial charge is 0.658 e. The smallest absolute Gasteiger partial charge is 0.524 e. The summed E-state index contributed by atoms with van der Waals surface area (Å²) in [4.78, 5) is 0. The van der Waals surface area contributed by atoms with Gasteiger partial charge >= 0.3 is 7.69 Å². The molecule has 0 heterocycles. The highest BCUT2D eigenvalue weighted by atomic mass is 16.6. The first-order valence-corrected chi connectivity index (χ1v) is 11.1. The van der Waals surface area contributed by atoms with Crippen LogP contribution in [0.5, 0.6) is 34.5 Å². The zero-order chi connectivity index (χ0) is 24.3. The zero-order valence-corrected chi connectivity index (χ0v) is 19.7. The minimum atomic E-state index is 0.390. The van der Waals surface area contributed by atoms with Crippen molar-refractivity contribution in [2.24, 2.45) is 0 Å². The van der Waals surface area contributed by atoms with Crippen LogP contribution >= 0.6 is 0 Å². The standard InChI is InChI=1S/C28H26BO6/c1-30-23-13-15-25(27(17-23)32-19-21-9-5-3-6-10-21)34-29-35-26-16-14-24(31-2)18-28(26)33-20-22-11-7-4-8-12-22/h3-18H,19-20H2,1-2H3. The molecule has 0 aliphatic rings. The Morgan fingerprint density at radius 1 is 0.514 bits per heavy atom. The summed E-state index contributed by atoms with van der Waals surface area (Å²) in [5.74, 6) is 3.36. The molecule has 0 aliphatic heterocycles. The van der Waals surface area contributed by atoms with Crippen molar-refractivity contribution in [3.63, 3.8) is 0 Å². The van der Waals surface area contributed by atoms with Gasteiger partial charge in [0.25, 0.3) is 0 Å². The van der Waals surface area contributed by atoms with Crippen molar-refractivity contribution >= 4 is 7.69 Å². The van der Waals surface area contributed by atoms with Gasteiger partial charge in [0, 0.05) is 12.1 Å². The lowest BCUT2D eigenvalue weighted by molar-refractivity contribution is 0.286. The van der Waals surface area contributed by atoms with E-state index in [1.165, 1.54) is 7.69 Å². The van der Waals surface area contributed by atoms with Crippen molar-refractivity contribution in [2.45, 2.75) is 13.2 Å². The first kappa shape index (κ1) is 23.9. The number of rotatable bonds is 12. The molecule has 4 aromatic rings. The van der Waals surface area contributed by atoms with Gasteiger partial charge in [0.1, 0.15) is 36.2 Å². The molecule has 4 aromatic carbocycles. The van der Waals surface area contributed by atoms with E-state index in [4.69, 9.17) is 28.3 Å². The summed E-state index contributed by atoms with van der Waals surface area (Å²) in [7, 11) is 4.45. The third kappa shape index (κ3) is 6.87. The van der Waals surface area contributed by atoms with Crippen molar-refractivity contribution < 1.29 is 28.3 Å². The van der Waals surface area contributed by atoms with E-state index in [2.05, 4.69) is 0 Å². The van der Waals surface area contributed by atoms with Crippen LogP contribution in [0.2, 0.25) is 0 Å². The molecule has 0 bridgehead atoms. The average molecular weight is 469 g/mol. The summed E-state index contributed by atoms with van der Waals surface area (Å²) in [6, 6.07) is 30.4. The summed E-state index contributed by atoms with van der Waals surface area (Å²) in [5, 5.41) is 0. The fraction of sp³-hybridized carbons (Fsp3) is 0.143. The number of methoxy groups -OCH3 is 2. The van der Waals surface area contributed by atoms with E-state index in [1.54, 1.807) is 50.6 Å². The Morgan fingerprint density at radius 3 is 1.34 bits per heavy atom. The van der Waals surface area contributed by atoms with Crippen LogP contribution in [-0.4, -0.2) is 21.9 Å². The molecule has 0 saturated heterocycles. The van der Waals surface area contributed by atoms with E-state index in [-0.39, 0.29) is 0 Å². The fourth-order valence-electron chi connectivity index (χ4n) is 3.25. The van der Waals surface area contributed by atoms with Crippen molar-refractivity contribution in [3.8, 4) is 34.5 Å². The minimum Gasteiger partial charge on any atom is -0.524 e. The Kier molecular flexibility index (Phi) is 8.38. The molecular formula is C28H26BO6. The Balaban J connectivity index is 1.42. The van der Waals surface area contributed by atoms with Crippen LogP contribution in [0, 0.1) is 0 Å². The van der Waals surface area contributed by atoms with Gasteiger partial charge in [-0.3, -0.25) is 0 Å². The molecule has 7 heteroatoms. The van der Waals surface area contributed by atoms with Crippen molar-refractivity contribution in [1.29, 1.82) is 0 Å². The molecule has 0 aromatic heterocycles.